The summed E-state index contributed by atoms with van der Waals surface area (Å²) in [4.78, 5) is 12.2. The van der Waals surface area contributed by atoms with Gasteiger partial charge in [0.15, 0.2) is 5.78 Å². The van der Waals surface area contributed by atoms with Gasteiger partial charge in [0.05, 0.1) is 0 Å². The van der Waals surface area contributed by atoms with E-state index in [1.165, 1.54) is 0 Å². The second-order valence-electron chi connectivity index (χ2n) is 4.93. The van der Waals surface area contributed by atoms with Crippen LogP contribution in [0.4, 0.5) is 0 Å². The van der Waals surface area contributed by atoms with E-state index in [9.17, 15) is 4.79 Å². The Morgan fingerprint density at radius 2 is 1.74 bits per heavy atom. The Balaban J connectivity index is 2.05. The van der Waals surface area contributed by atoms with Crippen molar-refractivity contribution in [2.24, 2.45) is 0 Å². The third kappa shape index (κ3) is 3.93. The van der Waals surface area contributed by atoms with Gasteiger partial charge in [-0.1, -0.05) is 40.9 Å². The molecule has 2 aromatic carbocycles. The predicted molar refractivity (Wildman–Crippen MR) is 80.0 cm³/mol. The molecule has 0 heterocycles. The molecule has 0 N–H and O–H groups in total. The number of benzene rings is 2. The Bertz CT molecular complexity index is 582. The van der Waals surface area contributed by atoms with Crippen LogP contribution in [0.3, 0.4) is 0 Å². The SMILES string of the molecule is Cc1cc(C)cc(C(=O)CCc2cccc(Cl)c2)c1. The number of carbonyl (C=O) groups is 1. The Labute approximate surface area is 119 Å². The molecule has 0 saturated carbocycles. The highest BCUT2D eigenvalue weighted by Crippen LogP contribution is 2.15. The van der Waals surface area contributed by atoms with Gasteiger partial charge in [0.25, 0.3) is 0 Å². The molecule has 0 aromatic heterocycles. The molecule has 0 amide bonds. The third-order valence-electron chi connectivity index (χ3n) is 3.07. The minimum Gasteiger partial charge on any atom is -0.294 e. The fourth-order valence-corrected chi connectivity index (χ4v) is 2.44. The van der Waals surface area contributed by atoms with Gasteiger partial charge in [0, 0.05) is 17.0 Å². The van der Waals surface area contributed by atoms with E-state index in [0.29, 0.717) is 6.42 Å². The molecule has 0 radical (unpaired) electrons. The maximum atomic E-state index is 12.2. The molecule has 0 spiro atoms. The van der Waals surface area contributed by atoms with E-state index in [0.717, 1.165) is 33.7 Å². The number of hydrogen-bond donors (Lipinski definition) is 0. The summed E-state index contributed by atoms with van der Waals surface area (Å²) in [7, 11) is 0. The van der Waals surface area contributed by atoms with Gasteiger partial charge < -0.3 is 0 Å². The third-order valence-corrected chi connectivity index (χ3v) is 3.31. The summed E-state index contributed by atoms with van der Waals surface area (Å²) in [6.07, 6.45) is 1.25. The number of rotatable bonds is 4. The Morgan fingerprint density at radius 3 is 2.37 bits per heavy atom. The largest absolute Gasteiger partial charge is 0.294 e. The number of aryl methyl sites for hydroxylation is 3. The first-order chi connectivity index (χ1) is 9.04. The topological polar surface area (TPSA) is 17.1 Å². The smallest absolute Gasteiger partial charge is 0.163 e. The van der Waals surface area contributed by atoms with Crippen molar-refractivity contribution in [2.75, 3.05) is 0 Å². The van der Waals surface area contributed by atoms with Crippen LogP contribution in [0, 0.1) is 13.8 Å². The molecular weight excluding hydrogens is 256 g/mol. The molecule has 19 heavy (non-hydrogen) atoms. The first kappa shape index (κ1) is 13.8. The zero-order chi connectivity index (χ0) is 13.8. The van der Waals surface area contributed by atoms with Crippen molar-refractivity contribution in [3.8, 4) is 0 Å². The van der Waals surface area contributed by atoms with E-state index in [1.807, 2.05) is 50.2 Å². The van der Waals surface area contributed by atoms with Crippen molar-refractivity contribution < 1.29 is 4.79 Å². The van der Waals surface area contributed by atoms with Crippen LogP contribution in [0.1, 0.15) is 33.5 Å². The quantitative estimate of drug-likeness (QED) is 0.733. The first-order valence-corrected chi connectivity index (χ1v) is 6.78. The van der Waals surface area contributed by atoms with E-state index in [2.05, 4.69) is 6.07 Å². The van der Waals surface area contributed by atoms with E-state index >= 15 is 0 Å². The fourth-order valence-electron chi connectivity index (χ4n) is 2.23. The van der Waals surface area contributed by atoms with E-state index in [4.69, 9.17) is 11.6 Å². The molecule has 0 unspecified atom stereocenters. The molecule has 2 aromatic rings. The average molecular weight is 273 g/mol. The van der Waals surface area contributed by atoms with Gasteiger partial charge in [-0.15, -0.1) is 0 Å². The molecular formula is C17H17ClO. The van der Waals surface area contributed by atoms with Crippen LogP contribution in [0.2, 0.25) is 5.02 Å². The number of hydrogen-bond acceptors (Lipinski definition) is 1. The summed E-state index contributed by atoms with van der Waals surface area (Å²) < 4.78 is 0. The molecule has 2 heteroatoms. The highest BCUT2D eigenvalue weighted by Gasteiger charge is 2.07. The van der Waals surface area contributed by atoms with Gasteiger partial charge in [-0.2, -0.15) is 0 Å². The lowest BCUT2D eigenvalue weighted by molar-refractivity contribution is 0.0982. The van der Waals surface area contributed by atoms with Crippen LogP contribution in [-0.2, 0) is 6.42 Å². The molecule has 98 valence electrons. The highest BCUT2D eigenvalue weighted by atomic mass is 35.5. The van der Waals surface area contributed by atoms with Crippen molar-refractivity contribution in [1.29, 1.82) is 0 Å². The summed E-state index contributed by atoms with van der Waals surface area (Å²) in [5.74, 6) is 0.187. The molecule has 0 aliphatic rings. The van der Waals surface area contributed by atoms with E-state index in [1.54, 1.807) is 0 Å². The summed E-state index contributed by atoms with van der Waals surface area (Å²) in [6.45, 7) is 4.03. The predicted octanol–water partition coefficient (Wildman–Crippen LogP) is 4.77. The Morgan fingerprint density at radius 1 is 1.05 bits per heavy atom. The van der Waals surface area contributed by atoms with Crippen molar-refractivity contribution in [2.45, 2.75) is 26.7 Å². The molecule has 2 rings (SSSR count). The zero-order valence-electron chi connectivity index (χ0n) is 11.2. The Hall–Kier alpha value is -1.60. The number of carbonyl (C=O) groups excluding carboxylic acids is 1. The number of ketones is 1. The van der Waals surface area contributed by atoms with Gasteiger partial charge in [0.1, 0.15) is 0 Å². The fraction of sp³-hybridized carbons (Fsp3) is 0.235. The van der Waals surface area contributed by atoms with Crippen LogP contribution in [0.5, 0.6) is 0 Å². The van der Waals surface area contributed by atoms with Crippen molar-refractivity contribution in [1.82, 2.24) is 0 Å². The number of halogens is 1. The van der Waals surface area contributed by atoms with Crippen LogP contribution < -0.4 is 0 Å². The van der Waals surface area contributed by atoms with Gasteiger partial charge in [-0.05, 0) is 50.1 Å². The lowest BCUT2D eigenvalue weighted by atomic mass is 9.99. The van der Waals surface area contributed by atoms with E-state index < -0.39 is 0 Å². The van der Waals surface area contributed by atoms with E-state index in [-0.39, 0.29) is 5.78 Å². The van der Waals surface area contributed by atoms with Crippen molar-refractivity contribution >= 4 is 17.4 Å². The summed E-state index contributed by atoms with van der Waals surface area (Å²) in [5.41, 5.74) is 4.17. The zero-order valence-corrected chi connectivity index (χ0v) is 12.0. The maximum absolute atomic E-state index is 12.2. The molecule has 0 fully saturated rings. The van der Waals surface area contributed by atoms with Gasteiger partial charge in [-0.3, -0.25) is 4.79 Å². The molecule has 1 nitrogen and oxygen atoms in total. The standard InChI is InChI=1S/C17H17ClO/c1-12-8-13(2)10-15(9-12)17(19)7-6-14-4-3-5-16(18)11-14/h3-5,8-11H,6-7H2,1-2H3. The van der Waals surface area contributed by atoms with Crippen LogP contribution in [-0.4, -0.2) is 5.78 Å². The van der Waals surface area contributed by atoms with Gasteiger partial charge in [0.2, 0.25) is 0 Å². The lowest BCUT2D eigenvalue weighted by Gasteiger charge is -2.05. The van der Waals surface area contributed by atoms with Crippen molar-refractivity contribution in [3.63, 3.8) is 0 Å². The monoisotopic (exact) mass is 272 g/mol. The second kappa shape index (κ2) is 6.03. The summed E-state index contributed by atoms with van der Waals surface area (Å²) in [5, 5.41) is 0.719. The van der Waals surface area contributed by atoms with Crippen molar-refractivity contribution in [3.05, 3.63) is 69.7 Å². The summed E-state index contributed by atoms with van der Waals surface area (Å²) >= 11 is 5.93. The normalized spacial score (nSPS) is 10.5. The van der Waals surface area contributed by atoms with Crippen LogP contribution in [0.15, 0.2) is 42.5 Å². The number of Topliss-reactive ketones (excluding diaryl/α,β-unsaturated/α-hetero) is 1. The molecule has 0 aliphatic carbocycles. The minimum absolute atomic E-state index is 0.187. The second-order valence-corrected chi connectivity index (χ2v) is 5.37. The summed E-state index contributed by atoms with van der Waals surface area (Å²) in [6, 6.07) is 13.7. The van der Waals surface area contributed by atoms with Crippen LogP contribution >= 0.6 is 11.6 Å². The average Bonchev–Trinajstić information content (AvgIpc) is 2.35. The minimum atomic E-state index is 0.187. The maximum Gasteiger partial charge on any atom is 0.163 e. The molecule has 0 saturated heterocycles. The van der Waals surface area contributed by atoms with Gasteiger partial charge >= 0.3 is 0 Å². The molecule has 0 bridgehead atoms. The highest BCUT2D eigenvalue weighted by molar-refractivity contribution is 6.30. The van der Waals surface area contributed by atoms with Crippen LogP contribution in [0.25, 0.3) is 0 Å². The molecule has 0 atom stereocenters. The lowest BCUT2D eigenvalue weighted by Crippen LogP contribution is -2.02. The van der Waals surface area contributed by atoms with Gasteiger partial charge in [-0.25, -0.2) is 0 Å². The first-order valence-electron chi connectivity index (χ1n) is 6.40. The Kier molecular flexibility index (Phi) is 4.39. The molecule has 0 aliphatic heterocycles.